The molecule has 66 valence electrons. The van der Waals surface area contributed by atoms with E-state index in [1.165, 1.54) is 6.33 Å². The van der Waals surface area contributed by atoms with E-state index < -0.39 is 11.5 Å². The molecule has 0 aliphatic heterocycles. The third kappa shape index (κ3) is 1.20. The molecule has 0 saturated carbocycles. The quantitative estimate of drug-likeness (QED) is 0.717. The van der Waals surface area contributed by atoms with E-state index in [1.54, 1.807) is 24.6 Å². The first-order valence-electron chi connectivity index (χ1n) is 3.69. The predicted molar refractivity (Wildman–Crippen MR) is 43.9 cm³/mol. The van der Waals surface area contributed by atoms with E-state index in [0.717, 1.165) is 5.69 Å². The van der Waals surface area contributed by atoms with Gasteiger partial charge in [-0.2, -0.15) is 0 Å². The largest absolute Gasteiger partial charge is 0.480 e. The molecule has 4 nitrogen and oxygen atoms in total. The zero-order valence-corrected chi connectivity index (χ0v) is 7.40. The van der Waals surface area contributed by atoms with E-state index in [4.69, 9.17) is 5.11 Å². The molecule has 0 atom stereocenters. The van der Waals surface area contributed by atoms with E-state index in [-0.39, 0.29) is 0 Å². The van der Waals surface area contributed by atoms with Crippen molar-refractivity contribution in [1.82, 2.24) is 9.55 Å². The molecule has 1 heterocycles. The van der Waals surface area contributed by atoms with Crippen LogP contribution >= 0.6 is 0 Å². The van der Waals surface area contributed by atoms with E-state index in [1.807, 2.05) is 6.92 Å². The fourth-order valence-electron chi connectivity index (χ4n) is 1.05. The highest BCUT2D eigenvalue weighted by molar-refractivity contribution is 5.75. The first kappa shape index (κ1) is 8.77. The minimum atomic E-state index is -0.916. The second-order valence-electron chi connectivity index (χ2n) is 3.27. The van der Waals surface area contributed by atoms with E-state index in [9.17, 15) is 4.79 Å². The van der Waals surface area contributed by atoms with Crippen LogP contribution in [0.1, 0.15) is 19.5 Å². The highest BCUT2D eigenvalue weighted by Crippen LogP contribution is 2.16. The number of hydrogen-bond acceptors (Lipinski definition) is 2. The third-order valence-corrected chi connectivity index (χ3v) is 1.95. The molecule has 0 bridgehead atoms. The maximum atomic E-state index is 10.8. The lowest BCUT2D eigenvalue weighted by Gasteiger charge is -2.22. The molecule has 0 saturated heterocycles. The number of imidazole rings is 1. The number of hydrogen-bond donors (Lipinski definition) is 1. The molecule has 1 N–H and O–H groups in total. The molecule has 0 unspecified atom stereocenters. The Morgan fingerprint density at radius 1 is 1.67 bits per heavy atom. The Bertz CT molecular complexity index is 302. The SMILES string of the molecule is Cc1cncn1C(C)(C)C(=O)O. The summed E-state index contributed by atoms with van der Waals surface area (Å²) in [6.07, 6.45) is 3.17. The summed E-state index contributed by atoms with van der Waals surface area (Å²) >= 11 is 0. The lowest BCUT2D eigenvalue weighted by Crippen LogP contribution is -2.35. The molecule has 0 aliphatic carbocycles. The van der Waals surface area contributed by atoms with Gasteiger partial charge in [0.15, 0.2) is 0 Å². The number of carboxylic acid groups (broad SMARTS) is 1. The van der Waals surface area contributed by atoms with Gasteiger partial charge in [-0.25, -0.2) is 9.78 Å². The van der Waals surface area contributed by atoms with Gasteiger partial charge in [0, 0.05) is 11.9 Å². The van der Waals surface area contributed by atoms with Crippen molar-refractivity contribution in [3.63, 3.8) is 0 Å². The Hall–Kier alpha value is -1.32. The average Bonchev–Trinajstić information content (AvgIpc) is 2.35. The molecule has 0 radical (unpaired) electrons. The minimum absolute atomic E-state index is 0.849. The second-order valence-corrected chi connectivity index (χ2v) is 3.27. The molecule has 4 heteroatoms. The lowest BCUT2D eigenvalue weighted by molar-refractivity contribution is -0.145. The molecular formula is C8H12N2O2. The van der Waals surface area contributed by atoms with Gasteiger partial charge in [-0.3, -0.25) is 0 Å². The lowest BCUT2D eigenvalue weighted by atomic mass is 10.1. The zero-order valence-electron chi connectivity index (χ0n) is 7.40. The molecular weight excluding hydrogens is 156 g/mol. The van der Waals surface area contributed by atoms with Crippen LogP contribution in [0.2, 0.25) is 0 Å². The van der Waals surface area contributed by atoms with Crippen LogP contribution in [0.4, 0.5) is 0 Å². The van der Waals surface area contributed by atoms with Gasteiger partial charge >= 0.3 is 5.97 Å². The summed E-state index contributed by atoms with van der Waals surface area (Å²) in [5.41, 5.74) is -0.0666. The van der Waals surface area contributed by atoms with Gasteiger partial charge in [-0.15, -0.1) is 0 Å². The zero-order chi connectivity index (χ0) is 9.35. The van der Waals surface area contributed by atoms with Gasteiger partial charge in [-0.05, 0) is 20.8 Å². The first-order valence-corrected chi connectivity index (χ1v) is 3.69. The number of carboxylic acids is 1. The van der Waals surface area contributed by atoms with E-state index in [0.29, 0.717) is 0 Å². The van der Waals surface area contributed by atoms with Crippen molar-refractivity contribution in [3.05, 3.63) is 18.2 Å². The van der Waals surface area contributed by atoms with Gasteiger partial charge in [0.2, 0.25) is 0 Å². The Morgan fingerprint density at radius 2 is 2.25 bits per heavy atom. The van der Waals surface area contributed by atoms with Crippen LogP contribution in [0, 0.1) is 6.92 Å². The average molecular weight is 168 g/mol. The first-order chi connectivity index (χ1) is 5.46. The van der Waals surface area contributed by atoms with Crippen molar-refractivity contribution in [2.75, 3.05) is 0 Å². The van der Waals surface area contributed by atoms with Crippen molar-refractivity contribution in [2.45, 2.75) is 26.3 Å². The molecule has 1 rings (SSSR count). The Labute approximate surface area is 70.9 Å². The highest BCUT2D eigenvalue weighted by Gasteiger charge is 2.29. The summed E-state index contributed by atoms with van der Waals surface area (Å²) in [6, 6.07) is 0. The van der Waals surface area contributed by atoms with Crippen LogP contribution in [-0.2, 0) is 10.3 Å². The monoisotopic (exact) mass is 168 g/mol. The summed E-state index contributed by atoms with van der Waals surface area (Å²) < 4.78 is 1.63. The maximum absolute atomic E-state index is 10.8. The van der Waals surface area contributed by atoms with Crippen LogP contribution in [0.25, 0.3) is 0 Å². The van der Waals surface area contributed by atoms with Crippen molar-refractivity contribution in [1.29, 1.82) is 0 Å². The Kier molecular flexibility index (Phi) is 1.92. The Balaban J connectivity index is 3.13. The molecule has 1 aromatic rings. The molecule has 0 aromatic carbocycles. The number of aryl methyl sites for hydroxylation is 1. The molecule has 0 aliphatic rings. The standard InChI is InChI=1S/C8H12N2O2/c1-6-4-9-5-10(6)8(2,3)7(11)12/h4-5H,1-3H3,(H,11,12). The minimum Gasteiger partial charge on any atom is -0.480 e. The van der Waals surface area contributed by atoms with Gasteiger partial charge in [0.05, 0.1) is 6.33 Å². The molecule has 0 spiro atoms. The van der Waals surface area contributed by atoms with Gasteiger partial charge < -0.3 is 9.67 Å². The summed E-state index contributed by atoms with van der Waals surface area (Å²) in [5, 5.41) is 8.89. The summed E-state index contributed by atoms with van der Waals surface area (Å²) in [7, 11) is 0. The fraction of sp³-hybridized carbons (Fsp3) is 0.500. The topological polar surface area (TPSA) is 55.1 Å². The maximum Gasteiger partial charge on any atom is 0.329 e. The van der Waals surface area contributed by atoms with Crippen LogP contribution in [-0.4, -0.2) is 20.6 Å². The third-order valence-electron chi connectivity index (χ3n) is 1.95. The number of aromatic nitrogens is 2. The van der Waals surface area contributed by atoms with Crippen LogP contribution in [0.15, 0.2) is 12.5 Å². The molecule has 0 fully saturated rings. The van der Waals surface area contributed by atoms with Gasteiger partial charge in [0.25, 0.3) is 0 Å². The van der Waals surface area contributed by atoms with E-state index in [2.05, 4.69) is 4.98 Å². The van der Waals surface area contributed by atoms with Crippen LogP contribution in [0.3, 0.4) is 0 Å². The second kappa shape index (κ2) is 2.62. The van der Waals surface area contributed by atoms with Gasteiger partial charge in [-0.1, -0.05) is 0 Å². The molecule has 12 heavy (non-hydrogen) atoms. The van der Waals surface area contributed by atoms with Crippen molar-refractivity contribution >= 4 is 5.97 Å². The number of nitrogens with zero attached hydrogens (tertiary/aromatic N) is 2. The van der Waals surface area contributed by atoms with Crippen molar-refractivity contribution in [3.8, 4) is 0 Å². The number of aliphatic carboxylic acids is 1. The fourth-order valence-corrected chi connectivity index (χ4v) is 1.05. The molecule has 0 amide bonds. The summed E-state index contributed by atoms with van der Waals surface area (Å²) in [4.78, 5) is 14.7. The van der Waals surface area contributed by atoms with Crippen molar-refractivity contribution in [2.24, 2.45) is 0 Å². The highest BCUT2D eigenvalue weighted by atomic mass is 16.4. The number of rotatable bonds is 2. The van der Waals surface area contributed by atoms with Crippen LogP contribution < -0.4 is 0 Å². The Morgan fingerprint density at radius 3 is 2.58 bits per heavy atom. The summed E-state index contributed by atoms with van der Waals surface area (Å²) in [5.74, 6) is -0.858. The summed E-state index contributed by atoms with van der Waals surface area (Å²) in [6.45, 7) is 5.12. The normalized spacial score (nSPS) is 11.6. The predicted octanol–water partition coefficient (Wildman–Crippen LogP) is 1.01. The van der Waals surface area contributed by atoms with Crippen molar-refractivity contribution < 1.29 is 9.90 Å². The van der Waals surface area contributed by atoms with Crippen LogP contribution in [0.5, 0.6) is 0 Å². The molecule has 1 aromatic heterocycles. The van der Waals surface area contributed by atoms with Gasteiger partial charge in [0.1, 0.15) is 5.54 Å². The van der Waals surface area contributed by atoms with E-state index >= 15 is 0 Å². The smallest absolute Gasteiger partial charge is 0.329 e. The number of carbonyl (C=O) groups is 1.